The number of aromatic nitrogens is 2. The molecule has 2 N–H and O–H groups in total. The number of rotatable bonds is 6. The van der Waals surface area contributed by atoms with Crippen molar-refractivity contribution in [3.63, 3.8) is 0 Å². The number of likely N-dealkylation sites (tertiary alicyclic amines) is 1. The second-order valence-electron chi connectivity index (χ2n) is 8.27. The van der Waals surface area contributed by atoms with Crippen LogP contribution in [0.2, 0.25) is 0 Å². The average molecular weight is 409 g/mol. The van der Waals surface area contributed by atoms with E-state index in [1.165, 1.54) is 18.4 Å². The van der Waals surface area contributed by atoms with Gasteiger partial charge in [0, 0.05) is 44.8 Å². The van der Waals surface area contributed by atoms with Gasteiger partial charge in [0.2, 0.25) is 5.91 Å². The molecule has 1 atom stereocenters. The molecule has 1 amide bonds. The highest BCUT2D eigenvalue weighted by atomic mass is 16.2. The minimum absolute atomic E-state index is 0.262. The van der Waals surface area contributed by atoms with Gasteiger partial charge in [0.05, 0.1) is 11.9 Å². The zero-order valence-corrected chi connectivity index (χ0v) is 17.8. The van der Waals surface area contributed by atoms with E-state index in [1.807, 2.05) is 46.1 Å². The Morgan fingerprint density at radius 2 is 2.00 bits per heavy atom. The third-order valence-electron chi connectivity index (χ3n) is 6.13. The Morgan fingerprint density at radius 1 is 1.20 bits per heavy atom. The van der Waals surface area contributed by atoms with E-state index < -0.39 is 0 Å². The van der Waals surface area contributed by atoms with Crippen LogP contribution in [-0.2, 0) is 11.2 Å². The lowest BCUT2D eigenvalue weighted by atomic mass is 10.1. The molecule has 4 rings (SSSR count). The van der Waals surface area contributed by atoms with Gasteiger partial charge >= 0.3 is 0 Å². The van der Waals surface area contributed by atoms with Crippen LogP contribution in [0.15, 0.2) is 47.7 Å². The number of nitrogens with one attached hydrogen (secondary N) is 2. The van der Waals surface area contributed by atoms with Crippen LogP contribution in [0.5, 0.6) is 0 Å². The first-order valence-corrected chi connectivity index (χ1v) is 11.1. The van der Waals surface area contributed by atoms with Crippen molar-refractivity contribution in [1.82, 2.24) is 25.3 Å². The number of hydrogen-bond donors (Lipinski definition) is 2. The first kappa shape index (κ1) is 20.4. The van der Waals surface area contributed by atoms with Crippen molar-refractivity contribution < 1.29 is 4.79 Å². The average Bonchev–Trinajstić information content (AvgIpc) is 3.55. The third-order valence-corrected chi connectivity index (χ3v) is 6.13. The zero-order valence-electron chi connectivity index (χ0n) is 17.8. The van der Waals surface area contributed by atoms with Crippen LogP contribution in [0.25, 0.3) is 5.69 Å². The van der Waals surface area contributed by atoms with Gasteiger partial charge in [0.1, 0.15) is 0 Å². The zero-order chi connectivity index (χ0) is 20.8. The molecule has 7 heteroatoms. The Balaban J connectivity index is 1.21. The second kappa shape index (κ2) is 9.78. The molecule has 2 aromatic rings. The van der Waals surface area contributed by atoms with E-state index in [-0.39, 0.29) is 12.0 Å². The standard InChI is InChI=1S/C23H32N6O/c1-24-23(27-20-12-14-28(17-20)22(30)19-7-5-6-8-19)25-13-11-18-15-26-29(16-18)21-9-3-2-4-10-21/h2-4,9-10,15-16,19-20H,5-8,11-14,17H2,1H3,(H2,24,25,27). The quantitative estimate of drug-likeness (QED) is 0.568. The maximum absolute atomic E-state index is 12.6. The summed E-state index contributed by atoms with van der Waals surface area (Å²) in [5, 5.41) is 11.3. The van der Waals surface area contributed by atoms with Crippen molar-refractivity contribution >= 4 is 11.9 Å². The van der Waals surface area contributed by atoms with Crippen LogP contribution >= 0.6 is 0 Å². The van der Waals surface area contributed by atoms with Crippen molar-refractivity contribution in [1.29, 1.82) is 0 Å². The molecule has 0 radical (unpaired) electrons. The fourth-order valence-corrected chi connectivity index (χ4v) is 4.43. The number of carbonyl (C=O) groups excluding carboxylic acids is 1. The minimum atomic E-state index is 0.262. The number of nitrogens with zero attached hydrogens (tertiary/aromatic N) is 4. The lowest BCUT2D eigenvalue weighted by molar-refractivity contribution is -0.134. The first-order chi connectivity index (χ1) is 14.7. The Kier molecular flexibility index (Phi) is 6.67. The summed E-state index contributed by atoms with van der Waals surface area (Å²) < 4.78 is 1.90. The lowest BCUT2D eigenvalue weighted by Gasteiger charge is -2.21. The van der Waals surface area contributed by atoms with Crippen LogP contribution in [0.3, 0.4) is 0 Å². The molecule has 2 fully saturated rings. The van der Waals surface area contributed by atoms with Gasteiger partial charge in [0.25, 0.3) is 0 Å². The summed E-state index contributed by atoms with van der Waals surface area (Å²) in [7, 11) is 1.79. The number of benzene rings is 1. The largest absolute Gasteiger partial charge is 0.356 e. The molecule has 1 saturated carbocycles. The molecular weight excluding hydrogens is 376 g/mol. The smallest absolute Gasteiger partial charge is 0.225 e. The highest BCUT2D eigenvalue weighted by Crippen LogP contribution is 2.27. The molecule has 1 aromatic carbocycles. The van der Waals surface area contributed by atoms with Gasteiger partial charge in [-0.05, 0) is 43.4 Å². The molecule has 30 heavy (non-hydrogen) atoms. The third kappa shape index (κ3) is 5.01. The van der Waals surface area contributed by atoms with Crippen molar-refractivity contribution in [2.45, 2.75) is 44.6 Å². The number of carbonyl (C=O) groups is 1. The van der Waals surface area contributed by atoms with Gasteiger partial charge in [-0.3, -0.25) is 9.79 Å². The minimum Gasteiger partial charge on any atom is -0.356 e. The monoisotopic (exact) mass is 408 g/mol. The predicted octanol–water partition coefficient (Wildman–Crippen LogP) is 2.37. The number of hydrogen-bond acceptors (Lipinski definition) is 3. The number of guanidine groups is 1. The molecular formula is C23H32N6O. The maximum Gasteiger partial charge on any atom is 0.225 e. The Bertz CT molecular complexity index is 856. The van der Waals surface area contributed by atoms with E-state index in [0.29, 0.717) is 5.91 Å². The Morgan fingerprint density at radius 3 is 2.77 bits per heavy atom. The van der Waals surface area contributed by atoms with Crippen LogP contribution in [0, 0.1) is 5.92 Å². The molecule has 1 aliphatic carbocycles. The Labute approximate surface area is 178 Å². The highest BCUT2D eigenvalue weighted by molar-refractivity contribution is 5.81. The molecule has 0 bridgehead atoms. The predicted molar refractivity (Wildman–Crippen MR) is 119 cm³/mol. The molecule has 0 spiro atoms. The van der Waals surface area contributed by atoms with Crippen LogP contribution in [0.1, 0.15) is 37.7 Å². The van der Waals surface area contributed by atoms with Gasteiger partial charge < -0.3 is 15.5 Å². The number of aliphatic imine (C=N–C) groups is 1. The summed E-state index contributed by atoms with van der Waals surface area (Å²) in [6.07, 6.45) is 10.4. The molecule has 1 aliphatic heterocycles. The molecule has 1 aromatic heterocycles. The van der Waals surface area contributed by atoms with Crippen molar-refractivity contribution in [2.75, 3.05) is 26.7 Å². The Hall–Kier alpha value is -2.83. The van der Waals surface area contributed by atoms with Crippen molar-refractivity contribution in [3.05, 3.63) is 48.3 Å². The summed E-state index contributed by atoms with van der Waals surface area (Å²) in [6.45, 7) is 2.40. The van der Waals surface area contributed by atoms with E-state index in [2.05, 4.69) is 26.9 Å². The van der Waals surface area contributed by atoms with Crippen LogP contribution < -0.4 is 10.6 Å². The fraction of sp³-hybridized carbons (Fsp3) is 0.522. The lowest BCUT2D eigenvalue weighted by Crippen LogP contribution is -2.45. The van der Waals surface area contributed by atoms with Gasteiger partial charge in [-0.1, -0.05) is 31.0 Å². The van der Waals surface area contributed by atoms with E-state index in [0.717, 1.165) is 57.0 Å². The second-order valence-corrected chi connectivity index (χ2v) is 8.27. The summed E-state index contributed by atoms with van der Waals surface area (Å²) in [6, 6.07) is 10.4. The van der Waals surface area contributed by atoms with Gasteiger partial charge in [0.15, 0.2) is 5.96 Å². The number of para-hydroxylation sites is 1. The molecule has 2 aliphatic rings. The maximum atomic E-state index is 12.6. The van der Waals surface area contributed by atoms with E-state index in [9.17, 15) is 4.79 Å². The topological polar surface area (TPSA) is 74.6 Å². The molecule has 7 nitrogen and oxygen atoms in total. The summed E-state index contributed by atoms with van der Waals surface area (Å²) in [5.41, 5.74) is 2.24. The van der Waals surface area contributed by atoms with Gasteiger partial charge in [-0.25, -0.2) is 4.68 Å². The van der Waals surface area contributed by atoms with Crippen LogP contribution in [0.4, 0.5) is 0 Å². The molecule has 160 valence electrons. The summed E-state index contributed by atoms with van der Waals surface area (Å²) >= 11 is 0. The van der Waals surface area contributed by atoms with E-state index in [4.69, 9.17) is 0 Å². The SMILES string of the molecule is CN=C(NCCc1cnn(-c2ccccc2)c1)NC1CCN(C(=O)C2CCCC2)C1. The number of amides is 1. The van der Waals surface area contributed by atoms with E-state index in [1.54, 1.807) is 7.05 Å². The van der Waals surface area contributed by atoms with Crippen molar-refractivity contribution in [2.24, 2.45) is 10.9 Å². The first-order valence-electron chi connectivity index (χ1n) is 11.1. The van der Waals surface area contributed by atoms with Crippen LogP contribution in [-0.4, -0.2) is 59.3 Å². The molecule has 1 unspecified atom stereocenters. The fourth-order valence-electron chi connectivity index (χ4n) is 4.43. The summed E-state index contributed by atoms with van der Waals surface area (Å²) in [5.74, 6) is 1.42. The van der Waals surface area contributed by atoms with Gasteiger partial charge in [-0.2, -0.15) is 5.10 Å². The van der Waals surface area contributed by atoms with Gasteiger partial charge in [-0.15, -0.1) is 0 Å². The van der Waals surface area contributed by atoms with E-state index >= 15 is 0 Å². The summed E-state index contributed by atoms with van der Waals surface area (Å²) in [4.78, 5) is 19.0. The van der Waals surface area contributed by atoms with Crippen molar-refractivity contribution in [3.8, 4) is 5.69 Å². The highest BCUT2D eigenvalue weighted by Gasteiger charge is 2.32. The molecule has 1 saturated heterocycles. The normalized spacial score (nSPS) is 20.0. The molecule has 2 heterocycles.